The lowest BCUT2D eigenvalue weighted by atomic mass is 10.1. The van der Waals surface area contributed by atoms with Crippen LogP contribution in [0.4, 0.5) is 10.5 Å². The number of carbonyl (C=O) groups excluding carboxylic acids is 1. The lowest BCUT2D eigenvalue weighted by molar-refractivity contribution is 0.249. The molecule has 0 aliphatic rings. The van der Waals surface area contributed by atoms with Crippen LogP contribution in [0.15, 0.2) is 42.5 Å². The van der Waals surface area contributed by atoms with E-state index in [1.807, 2.05) is 51.1 Å². The lowest BCUT2D eigenvalue weighted by Gasteiger charge is -2.17. The van der Waals surface area contributed by atoms with E-state index in [9.17, 15) is 4.79 Å². The maximum Gasteiger partial charge on any atom is 0.319 e. The highest BCUT2D eigenvalue weighted by Gasteiger charge is 2.11. The van der Waals surface area contributed by atoms with Crippen molar-refractivity contribution in [2.24, 2.45) is 0 Å². The van der Waals surface area contributed by atoms with Crippen molar-refractivity contribution < 1.29 is 4.79 Å². The van der Waals surface area contributed by atoms with Crippen LogP contribution in [0.1, 0.15) is 35.2 Å². The van der Waals surface area contributed by atoms with Gasteiger partial charge in [-0.1, -0.05) is 48.0 Å². The molecule has 2 aromatic rings. The molecule has 0 radical (unpaired) electrons. The molecule has 1 atom stereocenters. The van der Waals surface area contributed by atoms with E-state index in [4.69, 9.17) is 0 Å². The van der Waals surface area contributed by atoms with Crippen molar-refractivity contribution in [3.05, 3.63) is 64.7 Å². The Bertz CT molecular complexity index is 612. The van der Waals surface area contributed by atoms with Gasteiger partial charge in [0.15, 0.2) is 0 Å². The third-order valence-corrected chi connectivity index (χ3v) is 3.64. The standard InChI is InChI=1S/C18H22N2O/c1-12-8-10-16(11-9-12)15(4)19-18(21)20-17-13(2)6-5-7-14(17)3/h5-11,15H,1-4H3,(H2,19,20,21). The molecule has 2 aromatic carbocycles. The Morgan fingerprint density at radius 2 is 1.52 bits per heavy atom. The molecule has 0 bridgehead atoms. The Hall–Kier alpha value is -2.29. The number of rotatable bonds is 3. The highest BCUT2D eigenvalue weighted by molar-refractivity contribution is 5.91. The molecule has 21 heavy (non-hydrogen) atoms. The zero-order valence-corrected chi connectivity index (χ0v) is 13.0. The lowest BCUT2D eigenvalue weighted by Crippen LogP contribution is -2.31. The molecular weight excluding hydrogens is 260 g/mol. The molecular formula is C18H22N2O. The quantitative estimate of drug-likeness (QED) is 0.855. The molecule has 2 amide bonds. The minimum absolute atomic E-state index is 0.0325. The van der Waals surface area contributed by atoms with E-state index < -0.39 is 0 Å². The summed E-state index contributed by atoms with van der Waals surface area (Å²) in [6, 6.07) is 13.9. The summed E-state index contributed by atoms with van der Waals surface area (Å²) < 4.78 is 0. The minimum Gasteiger partial charge on any atom is -0.331 e. The third-order valence-electron chi connectivity index (χ3n) is 3.64. The van der Waals surface area contributed by atoms with Gasteiger partial charge in [0.25, 0.3) is 0 Å². The van der Waals surface area contributed by atoms with Gasteiger partial charge in [0.1, 0.15) is 0 Å². The average Bonchev–Trinajstić information content (AvgIpc) is 2.43. The molecule has 0 aliphatic carbocycles. The van der Waals surface area contributed by atoms with E-state index in [2.05, 4.69) is 29.7 Å². The van der Waals surface area contributed by atoms with E-state index in [0.717, 1.165) is 22.4 Å². The van der Waals surface area contributed by atoms with Gasteiger partial charge in [0, 0.05) is 5.69 Å². The zero-order chi connectivity index (χ0) is 15.4. The number of hydrogen-bond acceptors (Lipinski definition) is 1. The SMILES string of the molecule is Cc1ccc(C(C)NC(=O)Nc2c(C)cccc2C)cc1. The molecule has 0 aliphatic heterocycles. The largest absolute Gasteiger partial charge is 0.331 e. The summed E-state index contributed by atoms with van der Waals surface area (Å²) in [4.78, 5) is 12.1. The smallest absolute Gasteiger partial charge is 0.319 e. The van der Waals surface area contributed by atoms with Crippen molar-refractivity contribution >= 4 is 11.7 Å². The normalized spacial score (nSPS) is 11.8. The van der Waals surface area contributed by atoms with Gasteiger partial charge >= 0.3 is 6.03 Å². The summed E-state index contributed by atoms with van der Waals surface area (Å²) in [6.07, 6.45) is 0. The first kappa shape index (κ1) is 15.1. The Balaban J connectivity index is 2.03. The number of anilines is 1. The monoisotopic (exact) mass is 282 g/mol. The highest BCUT2D eigenvalue weighted by Crippen LogP contribution is 2.20. The van der Waals surface area contributed by atoms with Gasteiger partial charge in [-0.2, -0.15) is 0 Å². The van der Waals surface area contributed by atoms with Crippen molar-refractivity contribution in [3.8, 4) is 0 Å². The molecule has 110 valence electrons. The van der Waals surface area contributed by atoms with Crippen molar-refractivity contribution in [2.75, 3.05) is 5.32 Å². The van der Waals surface area contributed by atoms with E-state index in [-0.39, 0.29) is 12.1 Å². The number of nitrogens with one attached hydrogen (secondary N) is 2. The van der Waals surface area contributed by atoms with Gasteiger partial charge in [0.2, 0.25) is 0 Å². The van der Waals surface area contributed by atoms with E-state index in [1.54, 1.807) is 0 Å². The molecule has 3 heteroatoms. The van der Waals surface area contributed by atoms with Crippen molar-refractivity contribution in [3.63, 3.8) is 0 Å². The number of para-hydroxylation sites is 1. The van der Waals surface area contributed by atoms with Gasteiger partial charge < -0.3 is 10.6 Å². The van der Waals surface area contributed by atoms with Gasteiger partial charge in [-0.3, -0.25) is 0 Å². The Morgan fingerprint density at radius 1 is 0.952 bits per heavy atom. The van der Waals surface area contributed by atoms with Gasteiger partial charge in [0.05, 0.1) is 6.04 Å². The summed E-state index contributed by atoms with van der Waals surface area (Å²) in [5.41, 5.74) is 5.32. The van der Waals surface area contributed by atoms with Crippen LogP contribution in [0.5, 0.6) is 0 Å². The summed E-state index contributed by atoms with van der Waals surface area (Å²) >= 11 is 0. The molecule has 2 N–H and O–H groups in total. The maximum atomic E-state index is 12.1. The number of benzene rings is 2. The highest BCUT2D eigenvalue weighted by atomic mass is 16.2. The third kappa shape index (κ3) is 3.85. The van der Waals surface area contributed by atoms with Crippen molar-refractivity contribution in [2.45, 2.75) is 33.7 Å². The fourth-order valence-corrected chi connectivity index (χ4v) is 2.30. The first-order valence-corrected chi connectivity index (χ1v) is 7.17. The van der Waals surface area contributed by atoms with Gasteiger partial charge in [-0.25, -0.2) is 4.79 Å². The predicted octanol–water partition coefficient (Wildman–Crippen LogP) is 4.49. The van der Waals surface area contributed by atoms with Crippen LogP contribution < -0.4 is 10.6 Å². The van der Waals surface area contributed by atoms with E-state index in [1.165, 1.54) is 5.56 Å². The molecule has 0 fully saturated rings. The molecule has 0 saturated carbocycles. The summed E-state index contributed by atoms with van der Waals surface area (Å²) in [7, 11) is 0. The number of aryl methyl sites for hydroxylation is 3. The Labute approximate surface area is 126 Å². The fraction of sp³-hybridized carbons (Fsp3) is 0.278. The van der Waals surface area contributed by atoms with Crippen LogP contribution in [0.2, 0.25) is 0 Å². The second kappa shape index (κ2) is 6.44. The minimum atomic E-state index is -0.180. The number of urea groups is 1. The predicted molar refractivity (Wildman–Crippen MR) is 87.7 cm³/mol. The van der Waals surface area contributed by atoms with Crippen LogP contribution >= 0.6 is 0 Å². The topological polar surface area (TPSA) is 41.1 Å². The number of hydrogen-bond donors (Lipinski definition) is 2. The Kier molecular flexibility index (Phi) is 4.63. The molecule has 2 rings (SSSR count). The van der Waals surface area contributed by atoms with Gasteiger partial charge in [-0.15, -0.1) is 0 Å². The van der Waals surface area contributed by atoms with Crippen LogP contribution in [0.3, 0.4) is 0 Å². The van der Waals surface area contributed by atoms with Gasteiger partial charge in [-0.05, 0) is 44.4 Å². The first-order valence-electron chi connectivity index (χ1n) is 7.17. The number of amides is 2. The summed E-state index contributed by atoms with van der Waals surface area (Å²) in [5.74, 6) is 0. The molecule has 0 aromatic heterocycles. The average molecular weight is 282 g/mol. The molecule has 0 heterocycles. The second-order valence-electron chi connectivity index (χ2n) is 5.50. The van der Waals surface area contributed by atoms with Crippen molar-refractivity contribution in [1.82, 2.24) is 5.32 Å². The van der Waals surface area contributed by atoms with Crippen LogP contribution in [-0.4, -0.2) is 6.03 Å². The fourth-order valence-electron chi connectivity index (χ4n) is 2.30. The molecule has 3 nitrogen and oxygen atoms in total. The van der Waals surface area contributed by atoms with Crippen molar-refractivity contribution in [1.29, 1.82) is 0 Å². The van der Waals surface area contributed by atoms with Crippen LogP contribution in [-0.2, 0) is 0 Å². The zero-order valence-electron chi connectivity index (χ0n) is 13.0. The second-order valence-corrected chi connectivity index (χ2v) is 5.50. The summed E-state index contributed by atoms with van der Waals surface area (Å²) in [6.45, 7) is 8.02. The molecule has 0 spiro atoms. The first-order chi connectivity index (χ1) is 9.97. The van der Waals surface area contributed by atoms with E-state index >= 15 is 0 Å². The van der Waals surface area contributed by atoms with Crippen LogP contribution in [0, 0.1) is 20.8 Å². The summed E-state index contributed by atoms with van der Waals surface area (Å²) in [5, 5.41) is 5.91. The molecule has 1 unspecified atom stereocenters. The maximum absolute atomic E-state index is 12.1. The Morgan fingerprint density at radius 3 is 2.10 bits per heavy atom. The van der Waals surface area contributed by atoms with Crippen LogP contribution in [0.25, 0.3) is 0 Å². The number of carbonyl (C=O) groups is 1. The van der Waals surface area contributed by atoms with E-state index in [0.29, 0.717) is 0 Å². The molecule has 0 saturated heterocycles.